The van der Waals surface area contributed by atoms with Gasteiger partial charge >= 0.3 is 11.4 Å². The van der Waals surface area contributed by atoms with Gasteiger partial charge in [-0.1, -0.05) is 49.4 Å². The van der Waals surface area contributed by atoms with Crippen molar-refractivity contribution in [2.24, 2.45) is 11.3 Å². The smallest absolute Gasteiger partial charge is 0.352 e. The van der Waals surface area contributed by atoms with Crippen molar-refractivity contribution >= 4 is 11.6 Å². The van der Waals surface area contributed by atoms with E-state index in [2.05, 4.69) is 0 Å². The number of carbonyl (C=O) groups is 2. The van der Waals surface area contributed by atoms with Gasteiger partial charge in [0.1, 0.15) is 5.75 Å². The highest BCUT2D eigenvalue weighted by Crippen LogP contribution is 2.60. The molecule has 0 spiro atoms. The van der Waals surface area contributed by atoms with Crippen LogP contribution in [-0.4, -0.2) is 30.6 Å². The van der Waals surface area contributed by atoms with Gasteiger partial charge in [0.15, 0.2) is 11.6 Å². The normalized spacial score (nSPS) is 26.6. The molecule has 1 aliphatic heterocycles. The highest BCUT2D eigenvalue weighted by Gasteiger charge is 2.60. The van der Waals surface area contributed by atoms with Gasteiger partial charge in [-0.2, -0.15) is 0 Å². The number of phenols is 1. The van der Waals surface area contributed by atoms with Crippen molar-refractivity contribution < 1.29 is 14.7 Å². The fourth-order valence-corrected chi connectivity index (χ4v) is 6.71. The first-order valence-corrected chi connectivity index (χ1v) is 12.4. The summed E-state index contributed by atoms with van der Waals surface area (Å²) >= 11 is 0. The molecule has 8 nitrogen and oxygen atoms in total. The van der Waals surface area contributed by atoms with Crippen LogP contribution in [-0.2, 0) is 16.1 Å². The molecule has 2 aliphatic carbocycles. The van der Waals surface area contributed by atoms with Crippen LogP contribution in [0.25, 0.3) is 5.69 Å². The third-order valence-corrected chi connectivity index (χ3v) is 8.50. The number of para-hydroxylation sites is 2. The van der Waals surface area contributed by atoms with E-state index in [1.807, 2.05) is 18.2 Å². The average molecular weight is 498 g/mol. The Morgan fingerprint density at radius 2 is 1.68 bits per heavy atom. The van der Waals surface area contributed by atoms with E-state index >= 15 is 0 Å². The molecule has 1 fully saturated rings. The number of hydrogen-bond donors (Lipinski definition) is 1. The van der Waals surface area contributed by atoms with Gasteiger partial charge in [0.05, 0.1) is 23.7 Å². The summed E-state index contributed by atoms with van der Waals surface area (Å²) in [5.74, 6) is -1.61. The zero-order valence-corrected chi connectivity index (χ0v) is 20.8. The summed E-state index contributed by atoms with van der Waals surface area (Å²) in [6.45, 7) is 5.38. The number of aromatic hydroxyl groups is 1. The number of ketones is 2. The van der Waals surface area contributed by atoms with Crippen LogP contribution in [0.3, 0.4) is 0 Å². The molecule has 0 unspecified atom stereocenters. The molecule has 8 heteroatoms. The van der Waals surface area contributed by atoms with Gasteiger partial charge in [0.2, 0.25) is 0 Å². The summed E-state index contributed by atoms with van der Waals surface area (Å²) in [6, 6.07) is 13.5. The van der Waals surface area contributed by atoms with E-state index in [1.54, 1.807) is 57.2 Å². The lowest BCUT2D eigenvalue weighted by molar-refractivity contribution is -0.139. The summed E-state index contributed by atoms with van der Waals surface area (Å²) < 4.78 is 3.98. The Labute approximate surface area is 212 Å². The van der Waals surface area contributed by atoms with Gasteiger partial charge in [-0.25, -0.2) is 23.5 Å². The first-order valence-electron chi connectivity index (χ1n) is 12.4. The van der Waals surface area contributed by atoms with Crippen molar-refractivity contribution in [3.63, 3.8) is 0 Å². The standard InChI is InChI=1S/C29H27N3O5/c1-16-8-7-11-20(25(16)34)24-19-12-13-30-27(36)31(18-9-5-4-6-10-18)28(37)32(30)22(19)15-21-23(33)14-17(2)26(35)29(21,24)3/h4-12,14,21-22,24,34H,13,15H2,1-3H3/t21-,22+,24+,29+/m0/s1. The largest absolute Gasteiger partial charge is 0.507 e. The minimum absolute atomic E-state index is 0.0682. The maximum Gasteiger partial charge on any atom is 0.352 e. The molecule has 0 bridgehead atoms. The van der Waals surface area contributed by atoms with Crippen LogP contribution in [0.15, 0.2) is 81.4 Å². The maximum atomic E-state index is 13.8. The summed E-state index contributed by atoms with van der Waals surface area (Å²) in [5, 5.41) is 11.1. The summed E-state index contributed by atoms with van der Waals surface area (Å²) in [5.41, 5.74) is 0.721. The van der Waals surface area contributed by atoms with Gasteiger partial charge in [-0.05, 0) is 55.2 Å². The van der Waals surface area contributed by atoms with Gasteiger partial charge in [-0.3, -0.25) is 9.59 Å². The minimum Gasteiger partial charge on any atom is -0.507 e. The van der Waals surface area contributed by atoms with Gasteiger partial charge in [0.25, 0.3) is 0 Å². The Hall–Kier alpha value is -4.20. The van der Waals surface area contributed by atoms with Crippen molar-refractivity contribution in [2.45, 2.75) is 45.7 Å². The summed E-state index contributed by atoms with van der Waals surface area (Å²) in [4.78, 5) is 54.3. The van der Waals surface area contributed by atoms with Gasteiger partial charge in [-0.15, -0.1) is 0 Å². The fraction of sp³-hybridized carbons (Fsp3) is 0.310. The Morgan fingerprint density at radius 3 is 2.41 bits per heavy atom. The van der Waals surface area contributed by atoms with Crippen LogP contribution in [0.4, 0.5) is 0 Å². The number of aromatic nitrogens is 3. The number of phenolic OH excluding ortho intramolecular Hbond substituents is 1. The number of carbonyl (C=O) groups excluding carboxylic acids is 2. The van der Waals surface area contributed by atoms with Crippen LogP contribution in [0.5, 0.6) is 5.75 Å². The zero-order chi connectivity index (χ0) is 26.2. The number of nitrogens with zero attached hydrogens (tertiary/aromatic N) is 3. The Kier molecular flexibility index (Phi) is 4.96. The second-order valence-corrected chi connectivity index (χ2v) is 10.5. The van der Waals surface area contributed by atoms with Crippen LogP contribution in [0, 0.1) is 18.3 Å². The van der Waals surface area contributed by atoms with Crippen molar-refractivity contribution in [1.82, 2.24) is 13.9 Å². The molecule has 2 aromatic carbocycles. The molecule has 4 atom stereocenters. The Bertz CT molecular complexity index is 1670. The molecule has 1 aromatic heterocycles. The zero-order valence-electron chi connectivity index (χ0n) is 20.8. The Morgan fingerprint density at radius 1 is 0.946 bits per heavy atom. The predicted octanol–water partition coefficient (Wildman–Crippen LogP) is 3.20. The van der Waals surface area contributed by atoms with Gasteiger partial charge in [0, 0.05) is 17.4 Å². The van der Waals surface area contributed by atoms with Crippen molar-refractivity contribution in [2.75, 3.05) is 0 Å². The number of rotatable bonds is 2. The van der Waals surface area contributed by atoms with Crippen LogP contribution >= 0.6 is 0 Å². The monoisotopic (exact) mass is 497 g/mol. The molecule has 37 heavy (non-hydrogen) atoms. The molecule has 2 heterocycles. The molecule has 1 N–H and O–H groups in total. The lowest BCUT2D eigenvalue weighted by Gasteiger charge is -2.52. The van der Waals surface area contributed by atoms with Crippen molar-refractivity contribution in [3.8, 4) is 11.4 Å². The number of fused-ring (bicyclic) bond motifs is 4. The lowest BCUT2D eigenvalue weighted by atomic mass is 9.50. The fourth-order valence-electron chi connectivity index (χ4n) is 6.71. The molecule has 3 aromatic rings. The third kappa shape index (κ3) is 3.01. The number of allylic oxidation sites excluding steroid dienone is 4. The lowest BCUT2D eigenvalue weighted by Crippen LogP contribution is -2.54. The van der Waals surface area contributed by atoms with Crippen LogP contribution in [0.2, 0.25) is 0 Å². The van der Waals surface area contributed by atoms with E-state index in [1.165, 1.54) is 15.4 Å². The topological polar surface area (TPSA) is 103 Å². The molecule has 0 saturated heterocycles. The molecule has 0 amide bonds. The van der Waals surface area contributed by atoms with Crippen LogP contribution in [0.1, 0.15) is 43.4 Å². The molecule has 3 aliphatic rings. The number of Topliss-reactive ketones (excluding diaryl/α,β-unsaturated/α-hetero) is 1. The molecule has 6 rings (SSSR count). The summed E-state index contributed by atoms with van der Waals surface area (Å²) in [7, 11) is 0. The number of benzene rings is 2. The maximum absolute atomic E-state index is 13.8. The molecule has 1 saturated carbocycles. The van der Waals surface area contributed by atoms with Gasteiger partial charge < -0.3 is 5.11 Å². The first kappa shape index (κ1) is 23.2. The number of aryl methyl sites for hydroxylation is 1. The SMILES string of the molecule is CC1=CC(=O)[C@@H]2C[C@@H]3C(=CCn4c(=O)n(-c5ccccc5)c(=O)n43)[C@H](c3cccc(C)c3O)[C@]2(C)C1=O. The Balaban J connectivity index is 1.62. The molecular weight excluding hydrogens is 470 g/mol. The highest BCUT2D eigenvalue weighted by molar-refractivity contribution is 6.13. The van der Waals surface area contributed by atoms with Crippen molar-refractivity contribution in [1.29, 1.82) is 0 Å². The highest BCUT2D eigenvalue weighted by atomic mass is 16.3. The average Bonchev–Trinajstić information content (AvgIpc) is 3.14. The summed E-state index contributed by atoms with van der Waals surface area (Å²) in [6.07, 6.45) is 3.49. The molecular formula is C29H27N3O5. The first-order chi connectivity index (χ1) is 17.7. The van der Waals surface area contributed by atoms with E-state index in [0.717, 1.165) is 10.1 Å². The van der Waals surface area contributed by atoms with E-state index in [0.29, 0.717) is 22.4 Å². The quantitative estimate of drug-likeness (QED) is 0.548. The van der Waals surface area contributed by atoms with E-state index < -0.39 is 34.7 Å². The molecule has 188 valence electrons. The van der Waals surface area contributed by atoms with E-state index in [9.17, 15) is 24.3 Å². The predicted molar refractivity (Wildman–Crippen MR) is 137 cm³/mol. The minimum atomic E-state index is -1.14. The van der Waals surface area contributed by atoms with Crippen molar-refractivity contribution in [3.05, 3.63) is 104 Å². The second kappa shape index (κ2) is 7.90. The third-order valence-electron chi connectivity index (χ3n) is 8.50. The van der Waals surface area contributed by atoms with Crippen LogP contribution < -0.4 is 11.4 Å². The second-order valence-electron chi connectivity index (χ2n) is 10.5. The van der Waals surface area contributed by atoms with E-state index in [4.69, 9.17) is 0 Å². The molecule has 0 radical (unpaired) electrons. The number of hydrogen-bond acceptors (Lipinski definition) is 5. The van der Waals surface area contributed by atoms with E-state index in [-0.39, 0.29) is 30.3 Å².